The average Bonchev–Trinajstić information content (AvgIpc) is 2.76. The summed E-state index contributed by atoms with van der Waals surface area (Å²) in [6.07, 6.45) is 1.80. The van der Waals surface area contributed by atoms with Crippen LogP contribution in [-0.4, -0.2) is 49.5 Å². The number of nitrogens with one attached hydrogen (secondary N) is 1. The highest BCUT2D eigenvalue weighted by Crippen LogP contribution is 2.31. The average molecular weight is 571 g/mol. The molecule has 0 aliphatic carbocycles. The Balaban J connectivity index is 2.28. The first-order valence-electron chi connectivity index (χ1n) is 12.2. The van der Waals surface area contributed by atoms with Gasteiger partial charge in [-0.2, -0.15) is 0 Å². The fourth-order valence-corrected chi connectivity index (χ4v) is 5.44. The summed E-state index contributed by atoms with van der Waals surface area (Å²) in [6.45, 7) is 9.83. The molecule has 0 saturated heterocycles. The van der Waals surface area contributed by atoms with Crippen LogP contribution in [0.25, 0.3) is 0 Å². The van der Waals surface area contributed by atoms with Crippen molar-refractivity contribution in [3.8, 4) is 0 Å². The van der Waals surface area contributed by atoms with Gasteiger partial charge in [0.15, 0.2) is 0 Å². The Hall–Kier alpha value is -2.29. The molecule has 10 heteroatoms. The zero-order valence-corrected chi connectivity index (χ0v) is 24.7. The predicted octanol–water partition coefficient (Wildman–Crippen LogP) is 5.57. The topological polar surface area (TPSA) is 86.8 Å². The molecule has 1 atom stereocenters. The second-order valence-corrected chi connectivity index (χ2v) is 13.0. The third kappa shape index (κ3) is 9.51. The van der Waals surface area contributed by atoms with Gasteiger partial charge in [0.1, 0.15) is 6.04 Å². The number of sulfonamides is 1. The van der Waals surface area contributed by atoms with Crippen molar-refractivity contribution in [2.75, 3.05) is 17.1 Å². The van der Waals surface area contributed by atoms with Crippen LogP contribution in [-0.2, 0) is 26.2 Å². The van der Waals surface area contributed by atoms with Crippen molar-refractivity contribution in [2.45, 2.75) is 72.0 Å². The van der Waals surface area contributed by atoms with E-state index in [1.165, 1.54) is 12.1 Å². The molecule has 0 aromatic heterocycles. The minimum absolute atomic E-state index is 0.0356. The van der Waals surface area contributed by atoms with Gasteiger partial charge < -0.3 is 10.2 Å². The highest BCUT2D eigenvalue weighted by molar-refractivity contribution is 7.92. The highest BCUT2D eigenvalue weighted by Gasteiger charge is 2.31. The number of rotatable bonds is 11. The van der Waals surface area contributed by atoms with Crippen LogP contribution in [0.15, 0.2) is 42.5 Å². The van der Waals surface area contributed by atoms with Gasteiger partial charge in [0.2, 0.25) is 21.8 Å². The molecule has 0 bridgehead atoms. The van der Waals surface area contributed by atoms with E-state index in [0.717, 1.165) is 21.7 Å². The quantitative estimate of drug-likeness (QED) is 0.383. The van der Waals surface area contributed by atoms with E-state index in [0.29, 0.717) is 11.4 Å². The lowest BCUT2D eigenvalue weighted by Gasteiger charge is -2.33. The van der Waals surface area contributed by atoms with Crippen LogP contribution in [0.4, 0.5) is 5.69 Å². The molecule has 0 spiro atoms. The number of benzene rings is 2. The third-order valence-corrected chi connectivity index (χ3v) is 7.38. The van der Waals surface area contributed by atoms with Crippen LogP contribution in [0.5, 0.6) is 0 Å². The van der Waals surface area contributed by atoms with Gasteiger partial charge in [-0.1, -0.05) is 60.0 Å². The lowest BCUT2D eigenvalue weighted by atomic mass is 10.0. The van der Waals surface area contributed by atoms with Crippen molar-refractivity contribution < 1.29 is 18.0 Å². The van der Waals surface area contributed by atoms with Gasteiger partial charge in [-0.15, -0.1) is 0 Å². The molecule has 204 valence electrons. The van der Waals surface area contributed by atoms with Crippen molar-refractivity contribution >= 4 is 50.7 Å². The van der Waals surface area contributed by atoms with Crippen molar-refractivity contribution in [3.05, 3.63) is 63.6 Å². The standard InChI is InChI=1S/C27H37Cl2N3O4S/c1-7-23(26(34)30-27(3,4)5)31(18-20-11-8-10-19(2)16-20)25(33)12-9-15-32(37(6,35)36)24-17-21(28)13-14-22(24)29/h8,10-11,13-14,16-17,23H,7,9,12,15,18H2,1-6H3,(H,30,34)/t23-/m1/s1. The van der Waals surface area contributed by atoms with Crippen LogP contribution in [0.3, 0.4) is 0 Å². The number of hydrogen-bond acceptors (Lipinski definition) is 4. The monoisotopic (exact) mass is 569 g/mol. The normalized spacial score (nSPS) is 12.6. The molecular weight excluding hydrogens is 533 g/mol. The molecule has 1 N–H and O–H groups in total. The number of amides is 2. The molecule has 0 fully saturated rings. The molecule has 0 aliphatic rings. The molecule has 0 heterocycles. The largest absolute Gasteiger partial charge is 0.350 e. The molecule has 37 heavy (non-hydrogen) atoms. The second-order valence-electron chi connectivity index (χ2n) is 10.2. The van der Waals surface area contributed by atoms with E-state index in [1.807, 2.05) is 58.9 Å². The molecule has 0 aliphatic heterocycles. The number of hydrogen-bond donors (Lipinski definition) is 1. The second kappa shape index (κ2) is 13.0. The Bertz CT molecular complexity index is 1210. The molecular formula is C27H37Cl2N3O4S. The van der Waals surface area contributed by atoms with E-state index < -0.39 is 21.6 Å². The van der Waals surface area contributed by atoms with Gasteiger partial charge in [0.25, 0.3) is 0 Å². The molecule has 7 nitrogen and oxygen atoms in total. The lowest BCUT2D eigenvalue weighted by Crippen LogP contribution is -2.53. The summed E-state index contributed by atoms with van der Waals surface area (Å²) in [5.41, 5.74) is 1.78. The zero-order chi connectivity index (χ0) is 28.0. The van der Waals surface area contributed by atoms with E-state index in [-0.39, 0.29) is 48.5 Å². The maximum absolute atomic E-state index is 13.5. The summed E-state index contributed by atoms with van der Waals surface area (Å²) in [6, 6.07) is 11.7. The van der Waals surface area contributed by atoms with Crippen LogP contribution >= 0.6 is 23.2 Å². The first-order valence-corrected chi connectivity index (χ1v) is 14.8. The Morgan fingerprint density at radius 1 is 1.08 bits per heavy atom. The maximum atomic E-state index is 13.5. The first kappa shape index (κ1) is 30.9. The molecule has 2 rings (SSSR count). The lowest BCUT2D eigenvalue weighted by molar-refractivity contribution is -0.142. The number of anilines is 1. The summed E-state index contributed by atoms with van der Waals surface area (Å²) in [7, 11) is -3.68. The van der Waals surface area contributed by atoms with Crippen LogP contribution < -0.4 is 9.62 Å². The van der Waals surface area contributed by atoms with Gasteiger partial charge in [0.05, 0.1) is 17.0 Å². The number of carbonyl (C=O) groups excluding carboxylic acids is 2. The summed E-state index contributed by atoms with van der Waals surface area (Å²) < 4.78 is 26.2. The molecule has 0 unspecified atom stereocenters. The van der Waals surface area contributed by atoms with E-state index in [4.69, 9.17) is 23.2 Å². The van der Waals surface area contributed by atoms with Gasteiger partial charge in [0, 0.05) is 30.1 Å². The van der Waals surface area contributed by atoms with Crippen molar-refractivity contribution in [2.24, 2.45) is 0 Å². The van der Waals surface area contributed by atoms with Crippen LogP contribution in [0.2, 0.25) is 10.0 Å². The Morgan fingerprint density at radius 2 is 1.76 bits per heavy atom. The molecule has 0 radical (unpaired) electrons. The predicted molar refractivity (Wildman–Crippen MR) is 152 cm³/mol. The molecule has 2 aromatic carbocycles. The maximum Gasteiger partial charge on any atom is 0.243 e. The minimum Gasteiger partial charge on any atom is -0.350 e. The van der Waals surface area contributed by atoms with E-state index >= 15 is 0 Å². The van der Waals surface area contributed by atoms with Crippen LogP contribution in [0, 0.1) is 6.92 Å². The molecule has 2 amide bonds. The van der Waals surface area contributed by atoms with Crippen molar-refractivity contribution in [3.63, 3.8) is 0 Å². The van der Waals surface area contributed by atoms with Crippen LogP contribution in [0.1, 0.15) is 58.1 Å². The van der Waals surface area contributed by atoms with Crippen molar-refractivity contribution in [1.82, 2.24) is 10.2 Å². The SMILES string of the molecule is CC[C@H](C(=O)NC(C)(C)C)N(Cc1cccc(C)c1)C(=O)CCCN(c1cc(Cl)ccc1Cl)S(C)(=O)=O. The summed E-state index contributed by atoms with van der Waals surface area (Å²) >= 11 is 12.3. The number of aryl methyl sites for hydroxylation is 1. The van der Waals surface area contributed by atoms with E-state index in [2.05, 4.69) is 5.32 Å². The van der Waals surface area contributed by atoms with Gasteiger partial charge in [-0.25, -0.2) is 8.42 Å². The first-order chi connectivity index (χ1) is 17.1. The number of halogens is 2. The number of nitrogens with zero attached hydrogens (tertiary/aromatic N) is 2. The number of carbonyl (C=O) groups is 2. The van der Waals surface area contributed by atoms with E-state index in [9.17, 15) is 18.0 Å². The van der Waals surface area contributed by atoms with Crippen molar-refractivity contribution in [1.29, 1.82) is 0 Å². The minimum atomic E-state index is -3.68. The summed E-state index contributed by atoms with van der Waals surface area (Å²) in [5, 5.41) is 3.58. The summed E-state index contributed by atoms with van der Waals surface area (Å²) in [5.74, 6) is -0.456. The Labute approximate surface area is 231 Å². The molecule has 2 aromatic rings. The third-order valence-electron chi connectivity index (χ3n) is 5.65. The highest BCUT2D eigenvalue weighted by atomic mass is 35.5. The Morgan fingerprint density at radius 3 is 2.32 bits per heavy atom. The van der Waals surface area contributed by atoms with Gasteiger partial charge >= 0.3 is 0 Å². The summed E-state index contributed by atoms with van der Waals surface area (Å²) in [4.78, 5) is 28.3. The fraction of sp³-hybridized carbons (Fsp3) is 0.481. The smallest absolute Gasteiger partial charge is 0.243 e. The van der Waals surface area contributed by atoms with E-state index in [1.54, 1.807) is 11.0 Å². The molecule has 0 saturated carbocycles. The zero-order valence-electron chi connectivity index (χ0n) is 22.3. The Kier molecular flexibility index (Phi) is 10.9. The van der Waals surface area contributed by atoms with Gasteiger partial charge in [-0.3, -0.25) is 13.9 Å². The fourth-order valence-electron chi connectivity index (χ4n) is 4.04. The van der Waals surface area contributed by atoms with Gasteiger partial charge in [-0.05, 0) is 64.3 Å².